The minimum absolute atomic E-state index is 0.0776. The van der Waals surface area contributed by atoms with Crippen LogP contribution in [0.15, 0.2) is 64.1 Å². The van der Waals surface area contributed by atoms with Gasteiger partial charge in [-0.3, -0.25) is 4.79 Å². The number of hydrogen-bond donors (Lipinski definition) is 1. The average molecular weight is 457 g/mol. The van der Waals surface area contributed by atoms with Crippen LogP contribution in [0.5, 0.6) is 0 Å². The third kappa shape index (κ3) is 4.15. The second kappa shape index (κ2) is 9.07. The summed E-state index contributed by atoms with van der Waals surface area (Å²) in [6, 6.07) is 15.4. The van der Waals surface area contributed by atoms with Crippen molar-refractivity contribution in [1.29, 1.82) is 0 Å². The molecule has 0 saturated carbocycles. The van der Waals surface area contributed by atoms with Crippen molar-refractivity contribution in [3.8, 4) is 11.3 Å². The van der Waals surface area contributed by atoms with Crippen LogP contribution in [-0.4, -0.2) is 42.1 Å². The van der Waals surface area contributed by atoms with Crippen LogP contribution in [0, 0.1) is 6.92 Å². The summed E-state index contributed by atoms with van der Waals surface area (Å²) >= 11 is 0. The summed E-state index contributed by atoms with van der Waals surface area (Å²) in [5.41, 5.74) is 4.11. The Labute approximate surface area is 196 Å². The summed E-state index contributed by atoms with van der Waals surface area (Å²) in [4.78, 5) is 35.8. The Morgan fingerprint density at radius 2 is 1.85 bits per heavy atom. The zero-order chi connectivity index (χ0) is 23.7. The Kier molecular flexibility index (Phi) is 5.81. The number of ether oxygens (including phenoxy) is 1. The van der Waals surface area contributed by atoms with Gasteiger partial charge in [0, 0.05) is 41.9 Å². The standard InChI is InChI=1S/C26H24N4O4/c1-16-5-3-4-6-19(16)21-14-23(28-15-27-21)29-18-7-8-20-22(13-18)34-26(32)24(17(2)31)25(20)30-9-11-33-12-10-30/h3-8,13-15H,9-12H2,1-2H3,(H,27,28,29). The normalized spacial score (nSPS) is 13.8. The molecule has 1 N–H and O–H groups in total. The molecule has 34 heavy (non-hydrogen) atoms. The number of benzene rings is 2. The molecule has 0 aliphatic carbocycles. The van der Waals surface area contributed by atoms with Crippen LogP contribution in [0.25, 0.3) is 22.2 Å². The van der Waals surface area contributed by atoms with Crippen molar-refractivity contribution in [2.45, 2.75) is 13.8 Å². The molecule has 4 aromatic rings. The van der Waals surface area contributed by atoms with Crippen LogP contribution < -0.4 is 15.8 Å². The number of nitrogens with zero attached hydrogens (tertiary/aromatic N) is 3. The molecule has 1 fully saturated rings. The van der Waals surface area contributed by atoms with E-state index in [2.05, 4.69) is 15.3 Å². The van der Waals surface area contributed by atoms with Gasteiger partial charge in [-0.15, -0.1) is 0 Å². The molecule has 0 atom stereocenters. The highest BCUT2D eigenvalue weighted by Gasteiger charge is 2.24. The zero-order valence-corrected chi connectivity index (χ0v) is 19.0. The van der Waals surface area contributed by atoms with Gasteiger partial charge in [0.1, 0.15) is 23.3 Å². The minimum atomic E-state index is -0.637. The molecule has 0 spiro atoms. The molecular weight excluding hydrogens is 432 g/mol. The molecule has 5 rings (SSSR count). The minimum Gasteiger partial charge on any atom is -0.422 e. The maximum Gasteiger partial charge on any atom is 0.349 e. The molecule has 3 heterocycles. The highest BCUT2D eigenvalue weighted by molar-refractivity contribution is 6.07. The quantitative estimate of drug-likeness (QED) is 0.350. The summed E-state index contributed by atoms with van der Waals surface area (Å²) in [5, 5.41) is 3.98. The van der Waals surface area contributed by atoms with Crippen molar-refractivity contribution >= 4 is 33.9 Å². The van der Waals surface area contributed by atoms with Gasteiger partial charge in [-0.2, -0.15) is 0 Å². The van der Waals surface area contributed by atoms with Crippen LogP contribution in [0.1, 0.15) is 22.8 Å². The summed E-state index contributed by atoms with van der Waals surface area (Å²) in [5.74, 6) is 0.299. The molecule has 1 aliphatic rings. The van der Waals surface area contributed by atoms with E-state index in [-0.39, 0.29) is 11.3 Å². The van der Waals surface area contributed by atoms with Gasteiger partial charge in [-0.05, 0) is 31.5 Å². The molecule has 1 aliphatic heterocycles. The first-order valence-corrected chi connectivity index (χ1v) is 11.1. The Morgan fingerprint density at radius 3 is 2.62 bits per heavy atom. The van der Waals surface area contributed by atoms with Gasteiger partial charge >= 0.3 is 5.63 Å². The van der Waals surface area contributed by atoms with Gasteiger partial charge in [0.15, 0.2) is 5.78 Å². The fourth-order valence-electron chi connectivity index (χ4n) is 4.27. The number of aromatic nitrogens is 2. The molecule has 8 heteroatoms. The van der Waals surface area contributed by atoms with E-state index < -0.39 is 5.63 Å². The lowest BCUT2D eigenvalue weighted by Gasteiger charge is -2.30. The number of ketones is 1. The van der Waals surface area contributed by atoms with Gasteiger partial charge in [0.25, 0.3) is 0 Å². The fourth-order valence-corrected chi connectivity index (χ4v) is 4.27. The number of nitrogens with one attached hydrogen (secondary N) is 1. The van der Waals surface area contributed by atoms with Crippen molar-refractivity contribution in [3.05, 3.63) is 76.4 Å². The highest BCUT2D eigenvalue weighted by atomic mass is 16.5. The third-order valence-corrected chi connectivity index (χ3v) is 5.92. The Hall–Kier alpha value is -4.04. The lowest BCUT2D eigenvalue weighted by molar-refractivity contribution is 0.101. The molecule has 0 bridgehead atoms. The maximum atomic E-state index is 12.8. The number of morpholine rings is 1. The van der Waals surface area contributed by atoms with Crippen LogP contribution in [0.2, 0.25) is 0 Å². The number of Topliss-reactive ketones (excluding diaryl/α,β-unsaturated/α-hetero) is 1. The maximum absolute atomic E-state index is 12.8. The van der Waals surface area contributed by atoms with E-state index in [9.17, 15) is 9.59 Å². The van der Waals surface area contributed by atoms with E-state index in [0.29, 0.717) is 54.5 Å². The summed E-state index contributed by atoms with van der Waals surface area (Å²) in [7, 11) is 0. The molecule has 2 aromatic carbocycles. The molecule has 0 amide bonds. The third-order valence-electron chi connectivity index (χ3n) is 5.92. The predicted molar refractivity (Wildman–Crippen MR) is 131 cm³/mol. The van der Waals surface area contributed by atoms with E-state index >= 15 is 0 Å². The van der Waals surface area contributed by atoms with Gasteiger partial charge in [0.2, 0.25) is 0 Å². The molecule has 0 radical (unpaired) electrons. The van der Waals surface area contributed by atoms with Crippen molar-refractivity contribution in [3.63, 3.8) is 0 Å². The molecule has 8 nitrogen and oxygen atoms in total. The van der Waals surface area contributed by atoms with Crippen molar-refractivity contribution in [2.75, 3.05) is 36.5 Å². The van der Waals surface area contributed by atoms with Gasteiger partial charge in [-0.25, -0.2) is 14.8 Å². The van der Waals surface area contributed by atoms with Crippen LogP contribution in [0.4, 0.5) is 17.2 Å². The molecule has 172 valence electrons. The summed E-state index contributed by atoms with van der Waals surface area (Å²) in [6.07, 6.45) is 1.51. The number of aryl methyl sites for hydroxylation is 1. The van der Waals surface area contributed by atoms with Crippen LogP contribution in [0.3, 0.4) is 0 Å². The molecule has 0 unspecified atom stereocenters. The van der Waals surface area contributed by atoms with E-state index in [1.165, 1.54) is 13.3 Å². The number of hydrogen-bond acceptors (Lipinski definition) is 8. The van der Waals surface area contributed by atoms with Crippen molar-refractivity contribution in [1.82, 2.24) is 9.97 Å². The SMILES string of the molecule is CC(=O)c1c(N2CCOCC2)c2ccc(Nc3cc(-c4ccccc4C)ncn3)cc2oc1=O. The molecule has 2 aromatic heterocycles. The van der Waals surface area contributed by atoms with E-state index in [4.69, 9.17) is 9.15 Å². The zero-order valence-electron chi connectivity index (χ0n) is 19.0. The average Bonchev–Trinajstić information content (AvgIpc) is 2.84. The number of rotatable bonds is 5. The molecule has 1 saturated heterocycles. The van der Waals surface area contributed by atoms with E-state index in [1.54, 1.807) is 6.07 Å². The Morgan fingerprint density at radius 1 is 1.06 bits per heavy atom. The lowest BCUT2D eigenvalue weighted by Crippen LogP contribution is -2.38. The summed E-state index contributed by atoms with van der Waals surface area (Å²) < 4.78 is 11.0. The first kappa shape index (κ1) is 21.8. The lowest BCUT2D eigenvalue weighted by atomic mass is 10.1. The first-order valence-electron chi connectivity index (χ1n) is 11.1. The van der Waals surface area contributed by atoms with Crippen LogP contribution in [-0.2, 0) is 4.74 Å². The summed E-state index contributed by atoms with van der Waals surface area (Å²) in [6.45, 7) is 5.70. The van der Waals surface area contributed by atoms with E-state index in [0.717, 1.165) is 16.8 Å². The second-order valence-corrected chi connectivity index (χ2v) is 8.21. The highest BCUT2D eigenvalue weighted by Crippen LogP contribution is 2.32. The van der Waals surface area contributed by atoms with E-state index in [1.807, 2.05) is 54.3 Å². The molecular formula is C26H24N4O4. The Bertz CT molecular complexity index is 1440. The Balaban J connectivity index is 1.54. The van der Waals surface area contributed by atoms with Gasteiger partial charge < -0.3 is 19.4 Å². The predicted octanol–water partition coefficient (Wildman–Crippen LogP) is 4.34. The topological polar surface area (TPSA) is 97.6 Å². The van der Waals surface area contributed by atoms with Gasteiger partial charge in [0.05, 0.1) is 24.6 Å². The second-order valence-electron chi connectivity index (χ2n) is 8.21. The van der Waals surface area contributed by atoms with Gasteiger partial charge in [-0.1, -0.05) is 24.3 Å². The van der Waals surface area contributed by atoms with Crippen molar-refractivity contribution < 1.29 is 13.9 Å². The fraction of sp³-hybridized carbons (Fsp3) is 0.231. The largest absolute Gasteiger partial charge is 0.422 e. The number of fused-ring (bicyclic) bond motifs is 1. The first-order chi connectivity index (χ1) is 16.5. The van der Waals surface area contributed by atoms with Crippen LogP contribution >= 0.6 is 0 Å². The van der Waals surface area contributed by atoms with Crippen molar-refractivity contribution in [2.24, 2.45) is 0 Å². The smallest absolute Gasteiger partial charge is 0.349 e. The number of carbonyl (C=O) groups is 1. The number of anilines is 3. The monoisotopic (exact) mass is 456 g/mol. The number of carbonyl (C=O) groups excluding carboxylic acids is 1.